The van der Waals surface area contributed by atoms with E-state index in [0.717, 1.165) is 0 Å². The van der Waals surface area contributed by atoms with Crippen LogP contribution in [0.3, 0.4) is 0 Å². The molecule has 0 aromatic heterocycles. The lowest BCUT2D eigenvalue weighted by atomic mass is 10.4. The van der Waals surface area contributed by atoms with Crippen LogP contribution in [-0.2, 0) is 0 Å². The number of hydrogen-bond donors (Lipinski definition) is 1. The lowest BCUT2D eigenvalue weighted by Gasteiger charge is -2.16. The van der Waals surface area contributed by atoms with E-state index in [4.69, 9.17) is 0 Å². The zero-order chi connectivity index (χ0) is 9.72. The van der Waals surface area contributed by atoms with Gasteiger partial charge in [0.1, 0.15) is 5.10 Å². The maximum Gasteiger partial charge on any atom is 0.271 e. The van der Waals surface area contributed by atoms with Gasteiger partial charge in [0.05, 0.1) is 0 Å². The molecular weight excluding hydrogens is 160 g/mol. The van der Waals surface area contributed by atoms with Gasteiger partial charge in [-0.15, -0.1) is 0 Å². The molecule has 0 radical (unpaired) electrons. The molecule has 0 unspecified atom stereocenters. The largest absolute Gasteiger partial charge is 0.349 e. The first kappa shape index (κ1) is 10.7. The summed E-state index contributed by atoms with van der Waals surface area (Å²) in [5.74, 6) is 0.259. The van der Waals surface area contributed by atoms with Crippen molar-refractivity contribution in [3.63, 3.8) is 0 Å². The second-order valence-corrected chi connectivity index (χ2v) is 2.85. The lowest BCUT2D eigenvalue weighted by molar-refractivity contribution is -0.485. The fraction of sp³-hybridized carbons (Fsp3) is 0.833. The highest BCUT2D eigenvalue weighted by Crippen LogP contribution is 1.85. The molecular formula is C6H14N4O2. The molecule has 0 aliphatic carbocycles. The van der Waals surface area contributed by atoms with Crippen LogP contribution >= 0.6 is 0 Å². The molecule has 0 aliphatic heterocycles. The van der Waals surface area contributed by atoms with Crippen LogP contribution in [0.15, 0.2) is 5.10 Å². The van der Waals surface area contributed by atoms with Crippen LogP contribution in [0.5, 0.6) is 0 Å². The molecule has 0 saturated heterocycles. The molecule has 0 aliphatic rings. The van der Waals surface area contributed by atoms with Crippen LogP contribution in [-0.4, -0.2) is 36.0 Å². The fourth-order valence-corrected chi connectivity index (χ4v) is 0.583. The number of rotatable bonds is 2. The van der Waals surface area contributed by atoms with Gasteiger partial charge in [-0.3, -0.25) is 0 Å². The van der Waals surface area contributed by atoms with Crippen LogP contribution in [0.1, 0.15) is 13.8 Å². The molecule has 0 aromatic carbocycles. The summed E-state index contributed by atoms with van der Waals surface area (Å²) in [5.41, 5.74) is 0. The molecule has 0 bridgehead atoms. The number of guanidine groups is 1. The molecule has 12 heavy (non-hydrogen) atoms. The van der Waals surface area contributed by atoms with E-state index in [0.29, 0.717) is 0 Å². The monoisotopic (exact) mass is 174 g/mol. The van der Waals surface area contributed by atoms with E-state index >= 15 is 0 Å². The summed E-state index contributed by atoms with van der Waals surface area (Å²) in [6.07, 6.45) is 0. The van der Waals surface area contributed by atoms with E-state index in [1.165, 1.54) is 0 Å². The second-order valence-electron chi connectivity index (χ2n) is 2.85. The summed E-state index contributed by atoms with van der Waals surface area (Å²) in [6.45, 7) is 3.78. The van der Waals surface area contributed by atoms with Crippen molar-refractivity contribution in [1.82, 2.24) is 10.2 Å². The zero-order valence-corrected chi connectivity index (χ0v) is 7.74. The van der Waals surface area contributed by atoms with Crippen molar-refractivity contribution in [1.29, 1.82) is 0 Å². The summed E-state index contributed by atoms with van der Waals surface area (Å²) < 4.78 is 0. The highest BCUT2D eigenvalue weighted by Gasteiger charge is 2.07. The summed E-state index contributed by atoms with van der Waals surface area (Å²) in [7, 11) is 3.38. The molecule has 1 N–H and O–H groups in total. The first-order chi connectivity index (χ1) is 5.43. The molecule has 6 heteroatoms. The first-order valence-corrected chi connectivity index (χ1v) is 3.60. The van der Waals surface area contributed by atoms with Crippen molar-refractivity contribution in [3.8, 4) is 0 Å². The summed E-state index contributed by atoms with van der Waals surface area (Å²) in [6, 6.07) is 0.131. The Bertz CT molecular complexity index is 188. The lowest BCUT2D eigenvalue weighted by Crippen LogP contribution is -2.40. The maximum absolute atomic E-state index is 10.0. The fourth-order valence-electron chi connectivity index (χ4n) is 0.583. The Labute approximate surface area is 71.4 Å². The third-order valence-corrected chi connectivity index (χ3v) is 1.02. The van der Waals surface area contributed by atoms with E-state index in [-0.39, 0.29) is 12.0 Å². The number of hydrogen-bond acceptors (Lipinski definition) is 2. The van der Waals surface area contributed by atoms with Gasteiger partial charge in [0.2, 0.25) is 0 Å². The Morgan fingerprint density at radius 2 is 2.08 bits per heavy atom. The van der Waals surface area contributed by atoms with E-state index in [1.54, 1.807) is 19.0 Å². The summed E-state index contributed by atoms with van der Waals surface area (Å²) in [4.78, 5) is 11.6. The minimum Gasteiger partial charge on any atom is -0.349 e. The topological polar surface area (TPSA) is 70.8 Å². The molecule has 0 fully saturated rings. The third kappa shape index (κ3) is 4.48. The predicted octanol–water partition coefficient (Wildman–Crippen LogP) is 0.0937. The Morgan fingerprint density at radius 1 is 1.58 bits per heavy atom. The second kappa shape index (κ2) is 4.53. The summed E-state index contributed by atoms with van der Waals surface area (Å²) >= 11 is 0. The van der Waals surface area contributed by atoms with Crippen molar-refractivity contribution < 1.29 is 5.03 Å². The Kier molecular flexibility index (Phi) is 4.03. The number of nitrogens with zero attached hydrogens (tertiary/aromatic N) is 3. The Morgan fingerprint density at radius 3 is 2.33 bits per heavy atom. The van der Waals surface area contributed by atoms with Gasteiger partial charge in [0.25, 0.3) is 5.96 Å². The molecule has 0 aromatic rings. The molecule has 0 saturated carbocycles. The molecule has 0 amide bonds. The molecule has 6 nitrogen and oxygen atoms in total. The first-order valence-electron chi connectivity index (χ1n) is 3.60. The van der Waals surface area contributed by atoms with Crippen LogP contribution < -0.4 is 5.32 Å². The van der Waals surface area contributed by atoms with Gasteiger partial charge in [-0.2, -0.15) is 0 Å². The SMILES string of the molecule is CC(C)N/C(=N/[N+](=O)[O-])N(C)C. The van der Waals surface area contributed by atoms with E-state index in [1.807, 2.05) is 13.8 Å². The number of nitro groups is 1. The van der Waals surface area contributed by atoms with Crippen molar-refractivity contribution in [2.45, 2.75) is 19.9 Å². The van der Waals surface area contributed by atoms with Gasteiger partial charge in [-0.05, 0) is 13.8 Å². The van der Waals surface area contributed by atoms with Gasteiger partial charge in [-0.1, -0.05) is 0 Å². The average molecular weight is 174 g/mol. The van der Waals surface area contributed by atoms with Crippen molar-refractivity contribution in [3.05, 3.63) is 10.1 Å². The average Bonchev–Trinajstić information content (AvgIpc) is 1.83. The van der Waals surface area contributed by atoms with E-state index < -0.39 is 5.03 Å². The highest BCUT2D eigenvalue weighted by atomic mass is 16.7. The normalized spacial score (nSPS) is 11.6. The van der Waals surface area contributed by atoms with Crippen molar-refractivity contribution in [2.24, 2.45) is 5.10 Å². The van der Waals surface area contributed by atoms with E-state index in [2.05, 4.69) is 10.4 Å². The van der Waals surface area contributed by atoms with Crippen molar-refractivity contribution in [2.75, 3.05) is 14.1 Å². The van der Waals surface area contributed by atoms with Crippen molar-refractivity contribution >= 4 is 5.96 Å². The van der Waals surface area contributed by atoms with E-state index in [9.17, 15) is 10.1 Å². The maximum atomic E-state index is 10.0. The standard InChI is InChI=1S/C6H14N4O2/c1-5(2)7-6(9(3)4)8-10(11)12/h5H,1-4H3,(H,7,8). The van der Waals surface area contributed by atoms with Crippen LogP contribution in [0, 0.1) is 10.1 Å². The molecule has 0 spiro atoms. The zero-order valence-electron chi connectivity index (χ0n) is 7.74. The quantitative estimate of drug-likeness (QED) is 0.279. The van der Waals surface area contributed by atoms with Gasteiger partial charge >= 0.3 is 0 Å². The number of nitrogens with one attached hydrogen (secondary N) is 1. The van der Waals surface area contributed by atoms with Gasteiger partial charge in [-0.25, -0.2) is 10.1 Å². The predicted molar refractivity (Wildman–Crippen MR) is 46.4 cm³/mol. The summed E-state index contributed by atoms with van der Waals surface area (Å²) in [5, 5.41) is 15.3. The third-order valence-electron chi connectivity index (χ3n) is 1.02. The minimum absolute atomic E-state index is 0.131. The molecule has 0 rings (SSSR count). The van der Waals surface area contributed by atoms with Crippen LogP contribution in [0.2, 0.25) is 0 Å². The minimum atomic E-state index is -0.718. The molecule has 0 heterocycles. The molecule has 70 valence electrons. The number of hydrazone groups is 1. The molecule has 0 atom stereocenters. The van der Waals surface area contributed by atoms with Gasteiger partial charge < -0.3 is 10.2 Å². The Hall–Kier alpha value is -1.33. The Balaban J connectivity index is 4.33. The van der Waals surface area contributed by atoms with Crippen LogP contribution in [0.25, 0.3) is 0 Å². The smallest absolute Gasteiger partial charge is 0.271 e. The van der Waals surface area contributed by atoms with Gasteiger partial charge in [0, 0.05) is 20.1 Å². The van der Waals surface area contributed by atoms with Crippen LogP contribution in [0.4, 0.5) is 0 Å². The highest BCUT2D eigenvalue weighted by molar-refractivity contribution is 5.78. The van der Waals surface area contributed by atoms with Gasteiger partial charge in [0.15, 0.2) is 5.03 Å².